The molecule has 0 N–H and O–H groups in total. The predicted molar refractivity (Wildman–Crippen MR) is 80.0 cm³/mol. The molecule has 3 rings (SSSR count). The van der Waals surface area contributed by atoms with Crippen molar-refractivity contribution < 1.29 is 17.9 Å². The maximum atomic E-state index is 13.0. The summed E-state index contributed by atoms with van der Waals surface area (Å²) < 4.78 is 32.4. The van der Waals surface area contributed by atoms with Gasteiger partial charge in [-0.05, 0) is 37.1 Å². The van der Waals surface area contributed by atoms with Gasteiger partial charge in [-0.3, -0.25) is 0 Å². The summed E-state index contributed by atoms with van der Waals surface area (Å²) in [6.45, 7) is 0. The molecule has 7 heteroatoms. The monoisotopic (exact) mass is 329 g/mol. The first-order valence-electron chi connectivity index (χ1n) is 7.25. The van der Waals surface area contributed by atoms with Crippen LogP contribution in [0.25, 0.3) is 0 Å². The Hall–Kier alpha value is -0.920. The van der Waals surface area contributed by atoms with E-state index in [0.29, 0.717) is 0 Å². The molecule has 1 heterocycles. The van der Waals surface area contributed by atoms with Gasteiger partial charge in [-0.25, -0.2) is 13.2 Å². The molecular weight excluding hydrogens is 310 g/mol. The normalized spacial score (nSPS) is 20.1. The van der Waals surface area contributed by atoms with Crippen LogP contribution in [-0.4, -0.2) is 37.9 Å². The Morgan fingerprint density at radius 2 is 1.86 bits per heavy atom. The van der Waals surface area contributed by atoms with E-state index in [1.807, 2.05) is 0 Å². The van der Waals surface area contributed by atoms with Crippen LogP contribution in [0, 0.1) is 0 Å². The standard InChI is InChI=1S/C14H19NO4S2/c1-19-14(16)13-12(8-9-20-13)21(17,18)15(11-6-7-11)10-4-2-3-5-10/h8-11H,2-7H2,1H3. The van der Waals surface area contributed by atoms with Crippen molar-refractivity contribution in [1.82, 2.24) is 4.31 Å². The molecule has 1 aromatic heterocycles. The average molecular weight is 329 g/mol. The van der Waals surface area contributed by atoms with Crippen molar-refractivity contribution in [1.29, 1.82) is 0 Å². The Morgan fingerprint density at radius 3 is 2.43 bits per heavy atom. The molecule has 0 spiro atoms. The SMILES string of the molecule is COC(=O)c1sccc1S(=O)(=O)N(C1CCCC1)C1CC1. The first-order chi connectivity index (χ1) is 10.1. The fourth-order valence-corrected chi connectivity index (χ4v) is 6.28. The van der Waals surface area contributed by atoms with Crippen LogP contribution in [0.2, 0.25) is 0 Å². The summed E-state index contributed by atoms with van der Waals surface area (Å²) in [6, 6.07) is 1.73. The lowest BCUT2D eigenvalue weighted by atomic mass is 10.2. The number of nitrogens with zero attached hydrogens (tertiary/aromatic N) is 1. The number of hydrogen-bond acceptors (Lipinski definition) is 5. The first-order valence-corrected chi connectivity index (χ1v) is 9.57. The quantitative estimate of drug-likeness (QED) is 0.779. The zero-order valence-electron chi connectivity index (χ0n) is 11.9. The van der Waals surface area contributed by atoms with Crippen LogP contribution in [0.1, 0.15) is 48.2 Å². The number of carbonyl (C=O) groups excluding carboxylic acids is 1. The summed E-state index contributed by atoms with van der Waals surface area (Å²) in [5, 5.41) is 1.64. The van der Waals surface area contributed by atoms with Gasteiger partial charge in [0.05, 0.1) is 7.11 Å². The summed E-state index contributed by atoms with van der Waals surface area (Å²) in [7, 11) is -2.35. The molecule has 2 saturated carbocycles. The number of sulfonamides is 1. The van der Waals surface area contributed by atoms with E-state index in [-0.39, 0.29) is 21.9 Å². The van der Waals surface area contributed by atoms with Gasteiger partial charge in [0.15, 0.2) is 0 Å². The van der Waals surface area contributed by atoms with Crippen molar-refractivity contribution in [3.63, 3.8) is 0 Å². The smallest absolute Gasteiger partial charge is 0.349 e. The number of ether oxygens (including phenoxy) is 1. The minimum atomic E-state index is -3.62. The van der Waals surface area contributed by atoms with E-state index in [4.69, 9.17) is 4.74 Å². The molecule has 21 heavy (non-hydrogen) atoms. The first kappa shape index (κ1) is 15.0. The molecule has 0 bridgehead atoms. The molecule has 0 aliphatic heterocycles. The van der Waals surface area contributed by atoms with Gasteiger partial charge in [0.25, 0.3) is 0 Å². The fourth-order valence-electron chi connectivity index (χ4n) is 3.03. The maximum Gasteiger partial charge on any atom is 0.349 e. The molecule has 116 valence electrons. The lowest BCUT2D eigenvalue weighted by molar-refractivity contribution is 0.0602. The van der Waals surface area contributed by atoms with Crippen molar-refractivity contribution >= 4 is 27.3 Å². The summed E-state index contributed by atoms with van der Waals surface area (Å²) in [4.78, 5) is 12.1. The van der Waals surface area contributed by atoms with E-state index in [9.17, 15) is 13.2 Å². The zero-order valence-corrected chi connectivity index (χ0v) is 13.6. The lowest BCUT2D eigenvalue weighted by Crippen LogP contribution is -2.40. The van der Waals surface area contributed by atoms with Gasteiger partial charge in [0.2, 0.25) is 10.0 Å². The third kappa shape index (κ3) is 2.74. The van der Waals surface area contributed by atoms with Gasteiger partial charge >= 0.3 is 5.97 Å². The van der Waals surface area contributed by atoms with Gasteiger partial charge < -0.3 is 4.74 Å². The number of methoxy groups -OCH3 is 1. The summed E-state index contributed by atoms with van der Waals surface area (Å²) in [5.41, 5.74) is 0. The molecule has 2 aliphatic carbocycles. The van der Waals surface area contributed by atoms with Gasteiger partial charge in [-0.1, -0.05) is 12.8 Å². The van der Waals surface area contributed by atoms with Crippen molar-refractivity contribution in [3.8, 4) is 0 Å². The van der Waals surface area contributed by atoms with Gasteiger partial charge in [0.1, 0.15) is 9.77 Å². The third-order valence-electron chi connectivity index (χ3n) is 4.15. The minimum absolute atomic E-state index is 0.0906. The molecule has 5 nitrogen and oxygen atoms in total. The number of thiophene rings is 1. The second kappa shape index (κ2) is 5.70. The number of esters is 1. The second-order valence-electron chi connectivity index (χ2n) is 5.61. The number of carbonyl (C=O) groups is 1. The Bertz CT molecular complexity index is 627. The second-order valence-corrected chi connectivity index (χ2v) is 8.34. The van der Waals surface area contributed by atoms with E-state index >= 15 is 0 Å². The van der Waals surface area contributed by atoms with Crippen molar-refractivity contribution in [3.05, 3.63) is 16.3 Å². The molecule has 2 fully saturated rings. The van der Waals surface area contributed by atoms with Gasteiger partial charge in [-0.2, -0.15) is 4.31 Å². The molecule has 0 unspecified atom stereocenters. The summed E-state index contributed by atoms with van der Waals surface area (Å²) in [5.74, 6) is -0.578. The van der Waals surface area contributed by atoms with Crippen LogP contribution >= 0.6 is 11.3 Å². The van der Waals surface area contributed by atoms with Crippen LogP contribution in [0.5, 0.6) is 0 Å². The van der Waals surface area contributed by atoms with Crippen molar-refractivity contribution in [2.75, 3.05) is 7.11 Å². The van der Waals surface area contributed by atoms with Crippen LogP contribution < -0.4 is 0 Å². The van der Waals surface area contributed by atoms with Crippen LogP contribution in [0.15, 0.2) is 16.3 Å². The molecule has 0 atom stereocenters. The highest BCUT2D eigenvalue weighted by molar-refractivity contribution is 7.89. The van der Waals surface area contributed by atoms with Crippen molar-refractivity contribution in [2.24, 2.45) is 0 Å². The van der Waals surface area contributed by atoms with Crippen LogP contribution in [0.3, 0.4) is 0 Å². The number of hydrogen-bond donors (Lipinski definition) is 0. The molecule has 0 saturated heterocycles. The Labute approximate surface area is 129 Å². The van der Waals surface area contributed by atoms with E-state index in [2.05, 4.69) is 0 Å². The Morgan fingerprint density at radius 1 is 1.24 bits per heavy atom. The number of rotatable bonds is 5. The Kier molecular flexibility index (Phi) is 4.07. The molecule has 2 aliphatic rings. The molecule has 1 aromatic rings. The minimum Gasteiger partial charge on any atom is -0.465 e. The van der Waals surface area contributed by atoms with E-state index in [0.717, 1.165) is 49.9 Å². The summed E-state index contributed by atoms with van der Waals surface area (Å²) >= 11 is 1.12. The highest BCUT2D eigenvalue weighted by atomic mass is 32.2. The summed E-state index contributed by atoms with van der Waals surface area (Å²) in [6.07, 6.45) is 5.86. The third-order valence-corrected chi connectivity index (χ3v) is 7.22. The highest BCUT2D eigenvalue weighted by Crippen LogP contribution is 2.40. The van der Waals surface area contributed by atoms with Crippen molar-refractivity contribution in [2.45, 2.75) is 55.5 Å². The highest BCUT2D eigenvalue weighted by Gasteiger charge is 2.44. The molecule has 0 radical (unpaired) electrons. The van der Waals surface area contributed by atoms with Gasteiger partial charge in [0, 0.05) is 12.1 Å². The van der Waals surface area contributed by atoms with Crippen LogP contribution in [-0.2, 0) is 14.8 Å². The topological polar surface area (TPSA) is 63.7 Å². The molecular formula is C14H19NO4S2. The van der Waals surface area contributed by atoms with E-state index in [1.54, 1.807) is 9.69 Å². The largest absolute Gasteiger partial charge is 0.465 e. The Balaban J connectivity index is 1.98. The fraction of sp³-hybridized carbons (Fsp3) is 0.643. The van der Waals surface area contributed by atoms with E-state index < -0.39 is 16.0 Å². The predicted octanol–water partition coefficient (Wildman–Crippen LogP) is 2.63. The lowest BCUT2D eigenvalue weighted by Gasteiger charge is -2.28. The maximum absolute atomic E-state index is 13.0. The molecule has 0 amide bonds. The molecule has 0 aromatic carbocycles. The zero-order chi connectivity index (χ0) is 15.0. The average Bonchev–Trinajstić information content (AvgIpc) is 2.96. The van der Waals surface area contributed by atoms with Gasteiger partial charge in [-0.15, -0.1) is 11.3 Å². The van der Waals surface area contributed by atoms with Crippen LogP contribution in [0.4, 0.5) is 0 Å². The van der Waals surface area contributed by atoms with E-state index in [1.165, 1.54) is 13.2 Å².